The second-order valence-electron chi connectivity index (χ2n) is 11.6. The zero-order chi connectivity index (χ0) is 32.0. The van der Waals surface area contributed by atoms with Crippen LogP contribution in [0.5, 0.6) is 0 Å². The van der Waals surface area contributed by atoms with Crippen LogP contribution < -0.4 is 10.8 Å². The number of ether oxygens (including phenoxy) is 2. The minimum atomic E-state index is -0.522. The van der Waals surface area contributed by atoms with Gasteiger partial charge >= 0.3 is 0 Å². The van der Waals surface area contributed by atoms with Crippen molar-refractivity contribution < 1.29 is 29.4 Å². The first kappa shape index (κ1) is 34.0. The second kappa shape index (κ2) is 17.6. The minimum Gasteiger partial charge on any atom is -0.392 e. The molecule has 1 heterocycles. The molecule has 0 unspecified atom stereocenters. The summed E-state index contributed by atoms with van der Waals surface area (Å²) >= 11 is 0. The molecule has 4 rings (SSSR count). The Morgan fingerprint density at radius 2 is 1.62 bits per heavy atom. The molecular weight excluding hydrogens is 570 g/mol. The van der Waals surface area contributed by atoms with Gasteiger partial charge in [0.2, 0.25) is 11.8 Å². The molecule has 9 heteroatoms. The van der Waals surface area contributed by atoms with Gasteiger partial charge in [-0.1, -0.05) is 79.2 Å². The number of likely N-dealkylation sites (N-methyl/N-ethyl adjacent to an activating group) is 1. The van der Waals surface area contributed by atoms with Crippen molar-refractivity contribution in [2.45, 2.75) is 70.2 Å². The third kappa shape index (κ3) is 10.6. The number of carbonyl (C=O) groups is 2. The molecule has 2 amide bonds. The largest absolute Gasteiger partial charge is 0.392 e. The maximum atomic E-state index is 12.3. The number of hydroxylamine groups is 1. The fourth-order valence-electron chi connectivity index (χ4n) is 5.46. The minimum absolute atomic E-state index is 0.00687. The molecule has 4 N–H and O–H groups in total. The van der Waals surface area contributed by atoms with E-state index >= 15 is 0 Å². The zero-order valence-electron chi connectivity index (χ0n) is 26.0. The summed E-state index contributed by atoms with van der Waals surface area (Å²) < 4.78 is 12.9. The van der Waals surface area contributed by atoms with Crippen molar-refractivity contribution >= 4 is 11.8 Å². The number of nitrogens with one attached hydrogen (secondary N) is 2. The van der Waals surface area contributed by atoms with Crippen LogP contribution in [-0.4, -0.2) is 53.3 Å². The van der Waals surface area contributed by atoms with Gasteiger partial charge in [0.25, 0.3) is 0 Å². The average molecular weight is 616 g/mol. The molecule has 0 saturated carbocycles. The summed E-state index contributed by atoms with van der Waals surface area (Å²) in [6.07, 6.45) is 4.63. The van der Waals surface area contributed by atoms with Crippen LogP contribution in [-0.2, 0) is 32.2 Å². The van der Waals surface area contributed by atoms with Crippen LogP contribution in [0.25, 0.3) is 11.1 Å². The molecule has 0 bridgehead atoms. The predicted octanol–water partition coefficient (Wildman–Crippen LogP) is 5.58. The molecule has 3 atom stereocenters. The third-order valence-electron chi connectivity index (χ3n) is 7.94. The standard InChI is InChI=1S/C36H45N3O6/c1-3-20-39(2)24-32-22-33(29-14-12-26(25-40)13-15-29)45-36(44-32)30-18-16-28(17-19-30)31-9-7-8-27(21-31)23-37-34(41)10-5-4-6-11-35(42)38-43/h3,7-9,12-19,21,32-33,36,40,43H,1,4-6,10-11,20,22-25H2,2H3,(H,37,41)(H,38,42)/t32-,33+,36+/m0/s1. The van der Waals surface area contributed by atoms with E-state index in [1.54, 1.807) is 5.48 Å². The first-order valence-electron chi connectivity index (χ1n) is 15.6. The lowest BCUT2D eigenvalue weighted by Crippen LogP contribution is -2.37. The van der Waals surface area contributed by atoms with Crippen LogP contribution in [0.1, 0.15) is 73.2 Å². The number of amides is 2. The van der Waals surface area contributed by atoms with Crippen molar-refractivity contribution in [3.63, 3.8) is 0 Å². The van der Waals surface area contributed by atoms with Crippen molar-refractivity contribution in [2.75, 3.05) is 20.1 Å². The number of carbonyl (C=O) groups excluding carboxylic acids is 2. The fraction of sp³-hybridized carbons (Fsp3) is 0.389. The highest BCUT2D eigenvalue weighted by atomic mass is 16.7. The average Bonchev–Trinajstić information content (AvgIpc) is 3.07. The number of benzene rings is 3. The highest BCUT2D eigenvalue weighted by Crippen LogP contribution is 2.38. The van der Waals surface area contributed by atoms with Crippen LogP contribution >= 0.6 is 0 Å². The molecule has 3 aromatic rings. The van der Waals surface area contributed by atoms with Gasteiger partial charge < -0.3 is 24.8 Å². The van der Waals surface area contributed by atoms with E-state index in [9.17, 15) is 14.7 Å². The summed E-state index contributed by atoms with van der Waals surface area (Å²) in [5.74, 6) is -0.433. The highest BCUT2D eigenvalue weighted by Gasteiger charge is 2.32. The van der Waals surface area contributed by atoms with Gasteiger partial charge in [-0.25, -0.2) is 5.48 Å². The summed E-state index contributed by atoms with van der Waals surface area (Å²) in [7, 11) is 2.06. The molecule has 0 radical (unpaired) electrons. The summed E-state index contributed by atoms with van der Waals surface area (Å²) in [6.45, 7) is 5.82. The van der Waals surface area contributed by atoms with E-state index in [0.29, 0.717) is 25.8 Å². The van der Waals surface area contributed by atoms with Gasteiger partial charge in [0, 0.05) is 44.5 Å². The van der Waals surface area contributed by atoms with E-state index in [1.807, 2.05) is 60.7 Å². The Balaban J connectivity index is 1.37. The molecule has 9 nitrogen and oxygen atoms in total. The van der Waals surface area contributed by atoms with E-state index in [1.165, 1.54) is 0 Å². The normalized spacial score (nSPS) is 18.0. The van der Waals surface area contributed by atoms with Crippen molar-refractivity contribution in [3.8, 4) is 11.1 Å². The van der Waals surface area contributed by atoms with Gasteiger partial charge in [0.05, 0.1) is 18.8 Å². The number of hydrogen-bond acceptors (Lipinski definition) is 7. The Labute approximate surface area is 265 Å². The molecule has 1 aliphatic heterocycles. The Bertz CT molecular complexity index is 1380. The molecule has 0 aromatic heterocycles. The SMILES string of the molecule is C=CCN(C)C[C@@H]1C[C@H](c2ccc(CO)cc2)O[C@H](c2ccc(-c3cccc(CNC(=O)CCCCCC(=O)NO)c3)cc2)O1. The molecule has 1 fully saturated rings. The van der Waals surface area contributed by atoms with Gasteiger partial charge in [-0.2, -0.15) is 0 Å². The maximum absolute atomic E-state index is 12.3. The van der Waals surface area contributed by atoms with Crippen LogP contribution in [0.4, 0.5) is 0 Å². The van der Waals surface area contributed by atoms with Crippen molar-refractivity contribution in [1.29, 1.82) is 0 Å². The lowest BCUT2D eigenvalue weighted by atomic mass is 9.99. The Morgan fingerprint density at radius 3 is 2.31 bits per heavy atom. The number of hydrogen-bond donors (Lipinski definition) is 4. The Morgan fingerprint density at radius 1 is 0.911 bits per heavy atom. The zero-order valence-corrected chi connectivity index (χ0v) is 26.0. The molecule has 0 aliphatic carbocycles. The maximum Gasteiger partial charge on any atom is 0.243 e. The smallest absolute Gasteiger partial charge is 0.243 e. The summed E-state index contributed by atoms with van der Waals surface area (Å²) in [5.41, 5.74) is 7.58. The topological polar surface area (TPSA) is 120 Å². The molecule has 45 heavy (non-hydrogen) atoms. The van der Waals surface area contributed by atoms with Crippen molar-refractivity contribution in [3.05, 3.63) is 108 Å². The quantitative estimate of drug-likeness (QED) is 0.0719. The molecular formula is C36H45N3O6. The first-order valence-corrected chi connectivity index (χ1v) is 15.6. The Kier molecular flexibility index (Phi) is 13.3. The van der Waals surface area contributed by atoms with E-state index in [2.05, 4.69) is 42.0 Å². The van der Waals surface area contributed by atoms with Gasteiger partial charge in [0.1, 0.15) is 0 Å². The Hall–Kier alpha value is -3.86. The molecule has 1 saturated heterocycles. The number of unbranched alkanes of at least 4 members (excludes halogenated alkanes) is 2. The van der Waals surface area contributed by atoms with E-state index < -0.39 is 12.2 Å². The van der Waals surface area contributed by atoms with Crippen LogP contribution in [0, 0.1) is 0 Å². The van der Waals surface area contributed by atoms with Crippen LogP contribution in [0.2, 0.25) is 0 Å². The van der Waals surface area contributed by atoms with Gasteiger partial charge in [-0.15, -0.1) is 6.58 Å². The third-order valence-corrected chi connectivity index (χ3v) is 7.94. The lowest BCUT2D eigenvalue weighted by molar-refractivity contribution is -0.252. The summed E-state index contributed by atoms with van der Waals surface area (Å²) in [5, 5.41) is 21.0. The van der Waals surface area contributed by atoms with Gasteiger partial charge in [-0.05, 0) is 53.8 Å². The van der Waals surface area contributed by atoms with Gasteiger partial charge in [-0.3, -0.25) is 14.8 Å². The molecule has 3 aromatic carbocycles. The lowest BCUT2D eigenvalue weighted by Gasteiger charge is -2.37. The molecule has 0 spiro atoms. The van der Waals surface area contributed by atoms with E-state index in [0.717, 1.165) is 59.3 Å². The number of aliphatic hydroxyl groups excluding tert-OH is 1. The molecule has 1 aliphatic rings. The van der Waals surface area contributed by atoms with Gasteiger partial charge in [0.15, 0.2) is 6.29 Å². The first-order chi connectivity index (χ1) is 21.9. The number of rotatable bonds is 16. The molecule has 240 valence electrons. The van der Waals surface area contributed by atoms with Crippen molar-refractivity contribution in [2.24, 2.45) is 0 Å². The van der Waals surface area contributed by atoms with Crippen LogP contribution in [0.3, 0.4) is 0 Å². The number of aliphatic hydroxyl groups is 1. The number of nitrogens with zero attached hydrogens (tertiary/aromatic N) is 1. The summed E-state index contributed by atoms with van der Waals surface area (Å²) in [6, 6.07) is 24.2. The van der Waals surface area contributed by atoms with Crippen LogP contribution in [0.15, 0.2) is 85.5 Å². The summed E-state index contributed by atoms with van der Waals surface area (Å²) in [4.78, 5) is 25.6. The highest BCUT2D eigenvalue weighted by molar-refractivity contribution is 5.76. The monoisotopic (exact) mass is 615 g/mol. The second-order valence-corrected chi connectivity index (χ2v) is 11.6. The van der Waals surface area contributed by atoms with E-state index in [4.69, 9.17) is 14.7 Å². The predicted molar refractivity (Wildman–Crippen MR) is 173 cm³/mol. The van der Waals surface area contributed by atoms with E-state index in [-0.39, 0.29) is 31.1 Å². The fourth-order valence-corrected chi connectivity index (χ4v) is 5.46. The van der Waals surface area contributed by atoms with Crippen molar-refractivity contribution in [1.82, 2.24) is 15.7 Å².